The molecule has 2 N–H and O–H groups in total. The van der Waals surface area contributed by atoms with E-state index in [1.54, 1.807) is 6.07 Å². The maximum Gasteiger partial charge on any atom is 0.120 e. The average molecular weight is 283 g/mol. The molecule has 2 aromatic carbocycles. The van der Waals surface area contributed by atoms with E-state index in [-0.39, 0.29) is 17.5 Å². The fourth-order valence-electron chi connectivity index (χ4n) is 2.63. The van der Waals surface area contributed by atoms with E-state index >= 15 is 0 Å². The van der Waals surface area contributed by atoms with Gasteiger partial charge in [0.1, 0.15) is 5.75 Å². The van der Waals surface area contributed by atoms with Gasteiger partial charge in [0.2, 0.25) is 0 Å². The molecule has 2 heteroatoms. The Bertz CT molecular complexity index is 572. The summed E-state index contributed by atoms with van der Waals surface area (Å²) in [5, 5.41) is 13.9. The Balaban J connectivity index is 2.29. The molecule has 2 rings (SSSR count). The molecule has 21 heavy (non-hydrogen) atoms. The second-order valence-electron chi connectivity index (χ2n) is 6.66. The Morgan fingerprint density at radius 3 is 2.05 bits per heavy atom. The molecule has 0 aromatic heterocycles. The second-order valence-corrected chi connectivity index (χ2v) is 6.66. The van der Waals surface area contributed by atoms with Crippen LogP contribution < -0.4 is 5.32 Å². The third-order valence-corrected chi connectivity index (χ3v) is 3.83. The van der Waals surface area contributed by atoms with E-state index in [9.17, 15) is 5.11 Å². The van der Waals surface area contributed by atoms with Gasteiger partial charge in [0.25, 0.3) is 0 Å². The lowest BCUT2D eigenvalue weighted by Gasteiger charge is -2.35. The van der Waals surface area contributed by atoms with E-state index in [0.717, 1.165) is 5.56 Å². The lowest BCUT2D eigenvalue weighted by molar-refractivity contribution is 0.248. The van der Waals surface area contributed by atoms with E-state index in [1.807, 2.05) is 24.3 Å². The molecule has 0 saturated carbocycles. The number of hydrogen-bond acceptors (Lipinski definition) is 2. The second kappa shape index (κ2) is 6.31. The van der Waals surface area contributed by atoms with Crippen LogP contribution in [0.4, 0.5) is 0 Å². The molecule has 2 nitrogen and oxygen atoms in total. The summed E-state index contributed by atoms with van der Waals surface area (Å²) in [6.07, 6.45) is 0. The minimum absolute atomic E-state index is 0.00186. The summed E-state index contributed by atoms with van der Waals surface area (Å²) in [5.74, 6) is 0.352. The van der Waals surface area contributed by atoms with Gasteiger partial charge in [-0.1, -0.05) is 69.3 Å². The quantitative estimate of drug-likeness (QED) is 0.842. The summed E-state index contributed by atoms with van der Waals surface area (Å²) in [6, 6.07) is 18.3. The molecule has 0 heterocycles. The van der Waals surface area contributed by atoms with Gasteiger partial charge in [0, 0.05) is 17.6 Å². The van der Waals surface area contributed by atoms with Crippen LogP contribution in [0.2, 0.25) is 0 Å². The Morgan fingerprint density at radius 1 is 0.905 bits per heavy atom. The molecule has 0 saturated heterocycles. The van der Waals surface area contributed by atoms with Crippen molar-refractivity contribution >= 4 is 0 Å². The molecule has 0 amide bonds. The van der Waals surface area contributed by atoms with Crippen LogP contribution in [0.3, 0.4) is 0 Å². The first-order valence-electron chi connectivity index (χ1n) is 7.48. The van der Waals surface area contributed by atoms with E-state index < -0.39 is 0 Å². The summed E-state index contributed by atoms with van der Waals surface area (Å²) in [4.78, 5) is 0. The van der Waals surface area contributed by atoms with Crippen LogP contribution in [0, 0.1) is 5.41 Å². The molecule has 0 aliphatic heterocycles. The summed E-state index contributed by atoms with van der Waals surface area (Å²) >= 11 is 0. The lowest BCUT2D eigenvalue weighted by atomic mass is 9.81. The first-order valence-corrected chi connectivity index (χ1v) is 7.48. The van der Waals surface area contributed by atoms with Crippen LogP contribution in [0.5, 0.6) is 5.75 Å². The zero-order valence-corrected chi connectivity index (χ0v) is 13.3. The third kappa shape index (κ3) is 3.85. The van der Waals surface area contributed by atoms with E-state index in [2.05, 4.69) is 57.3 Å². The fourth-order valence-corrected chi connectivity index (χ4v) is 2.63. The first-order chi connectivity index (χ1) is 9.89. The predicted molar refractivity (Wildman–Crippen MR) is 88.3 cm³/mol. The Morgan fingerprint density at radius 2 is 1.48 bits per heavy atom. The number of benzene rings is 2. The van der Waals surface area contributed by atoms with Gasteiger partial charge in [0.15, 0.2) is 0 Å². The average Bonchev–Trinajstić information content (AvgIpc) is 2.45. The number of para-hydroxylation sites is 1. The SMILES string of the molecule is C[C@@H](N[C@@H](c1ccccc1O)C(C)(C)C)c1ccccc1. The van der Waals surface area contributed by atoms with E-state index in [0.29, 0.717) is 5.75 Å². The van der Waals surface area contributed by atoms with Gasteiger partial charge < -0.3 is 10.4 Å². The van der Waals surface area contributed by atoms with Crippen molar-refractivity contribution < 1.29 is 5.11 Å². The Hall–Kier alpha value is -1.80. The molecule has 0 aliphatic rings. The lowest BCUT2D eigenvalue weighted by Crippen LogP contribution is -2.34. The Kier molecular flexibility index (Phi) is 4.69. The van der Waals surface area contributed by atoms with Crippen molar-refractivity contribution in [3.05, 3.63) is 65.7 Å². The minimum atomic E-state index is 0.00186. The van der Waals surface area contributed by atoms with Crippen molar-refractivity contribution in [3.8, 4) is 5.75 Å². The van der Waals surface area contributed by atoms with Crippen LogP contribution in [0.1, 0.15) is 50.9 Å². The van der Waals surface area contributed by atoms with Gasteiger partial charge in [-0.05, 0) is 24.0 Å². The van der Waals surface area contributed by atoms with Gasteiger partial charge in [-0.3, -0.25) is 0 Å². The highest BCUT2D eigenvalue weighted by Gasteiger charge is 2.29. The highest BCUT2D eigenvalue weighted by molar-refractivity contribution is 5.36. The zero-order chi connectivity index (χ0) is 15.5. The molecular weight excluding hydrogens is 258 g/mol. The Labute approximate surface area is 127 Å². The van der Waals surface area contributed by atoms with Crippen molar-refractivity contribution in [1.29, 1.82) is 0 Å². The molecule has 0 spiro atoms. The number of aromatic hydroxyl groups is 1. The highest BCUT2D eigenvalue weighted by Crippen LogP contribution is 2.38. The maximum absolute atomic E-state index is 10.2. The number of phenolic OH excluding ortho intramolecular Hbond substituents is 1. The highest BCUT2D eigenvalue weighted by atomic mass is 16.3. The third-order valence-electron chi connectivity index (χ3n) is 3.83. The number of phenols is 1. The summed E-state index contributed by atoms with van der Waals surface area (Å²) < 4.78 is 0. The normalized spacial score (nSPS) is 14.7. The summed E-state index contributed by atoms with van der Waals surface area (Å²) in [6.45, 7) is 8.73. The summed E-state index contributed by atoms with van der Waals surface area (Å²) in [7, 11) is 0. The number of nitrogens with one attached hydrogen (secondary N) is 1. The molecular formula is C19H25NO. The van der Waals surface area contributed by atoms with Crippen molar-refractivity contribution in [1.82, 2.24) is 5.32 Å². The number of rotatable bonds is 4. The van der Waals surface area contributed by atoms with E-state index in [4.69, 9.17) is 0 Å². The van der Waals surface area contributed by atoms with Gasteiger partial charge in [0.05, 0.1) is 0 Å². The van der Waals surface area contributed by atoms with Crippen LogP contribution in [-0.4, -0.2) is 5.11 Å². The monoisotopic (exact) mass is 283 g/mol. The van der Waals surface area contributed by atoms with Crippen molar-refractivity contribution in [3.63, 3.8) is 0 Å². The van der Waals surface area contributed by atoms with E-state index in [1.165, 1.54) is 5.56 Å². The zero-order valence-electron chi connectivity index (χ0n) is 13.3. The van der Waals surface area contributed by atoms with Gasteiger partial charge in [-0.15, -0.1) is 0 Å². The molecule has 0 unspecified atom stereocenters. The van der Waals surface area contributed by atoms with Crippen LogP contribution >= 0.6 is 0 Å². The first kappa shape index (κ1) is 15.6. The fraction of sp³-hybridized carbons (Fsp3) is 0.368. The standard InChI is InChI=1S/C19H25NO/c1-14(15-10-6-5-7-11-15)20-18(19(2,3)4)16-12-8-9-13-17(16)21/h5-14,18,20-21H,1-4H3/t14-,18+/m1/s1. The van der Waals surface area contributed by atoms with Gasteiger partial charge >= 0.3 is 0 Å². The van der Waals surface area contributed by atoms with Gasteiger partial charge in [-0.2, -0.15) is 0 Å². The maximum atomic E-state index is 10.2. The molecule has 0 aliphatic carbocycles. The molecule has 0 radical (unpaired) electrons. The number of hydrogen-bond donors (Lipinski definition) is 2. The molecule has 2 atom stereocenters. The van der Waals surface area contributed by atoms with Crippen LogP contribution in [0.25, 0.3) is 0 Å². The van der Waals surface area contributed by atoms with Gasteiger partial charge in [-0.25, -0.2) is 0 Å². The van der Waals surface area contributed by atoms with Crippen molar-refractivity contribution in [2.24, 2.45) is 5.41 Å². The topological polar surface area (TPSA) is 32.3 Å². The van der Waals surface area contributed by atoms with Crippen LogP contribution in [-0.2, 0) is 0 Å². The predicted octanol–water partition coefficient (Wildman–Crippen LogP) is 4.83. The summed E-state index contributed by atoms with van der Waals surface area (Å²) in [5.41, 5.74) is 2.21. The molecule has 0 fully saturated rings. The minimum Gasteiger partial charge on any atom is -0.508 e. The largest absolute Gasteiger partial charge is 0.508 e. The van der Waals surface area contributed by atoms with Crippen molar-refractivity contribution in [2.75, 3.05) is 0 Å². The smallest absolute Gasteiger partial charge is 0.120 e. The van der Waals surface area contributed by atoms with Crippen molar-refractivity contribution in [2.45, 2.75) is 39.8 Å². The molecule has 0 bridgehead atoms. The van der Waals surface area contributed by atoms with Crippen LogP contribution in [0.15, 0.2) is 54.6 Å². The molecule has 112 valence electrons. The molecule has 2 aromatic rings.